The minimum Gasteiger partial charge on any atom is -0.396 e. The second kappa shape index (κ2) is 8.08. The summed E-state index contributed by atoms with van der Waals surface area (Å²) in [5, 5.41) is 29.0. The van der Waals surface area contributed by atoms with Crippen LogP contribution in [0.4, 0.5) is 0 Å². The van der Waals surface area contributed by atoms with E-state index in [0.29, 0.717) is 12.8 Å². The number of fused-ring (bicyclic) bond motifs is 2. The molecule has 0 aromatic carbocycles. The molecule has 0 aliphatic heterocycles. The zero-order valence-corrected chi connectivity index (χ0v) is 19.0. The Morgan fingerprint density at radius 3 is 2.93 bits per heavy atom. The number of carbonyl (C=O) groups excluding carboxylic acids is 1. The predicted octanol–water partition coefficient (Wildman–Crippen LogP) is 3.43. The van der Waals surface area contributed by atoms with Crippen molar-refractivity contribution in [1.29, 1.82) is 0 Å². The fourth-order valence-corrected chi connectivity index (χ4v) is 7.44. The topological polar surface area (TPSA) is 82.5 Å². The van der Waals surface area contributed by atoms with Gasteiger partial charge in [-0.15, -0.1) is 17.8 Å². The van der Waals surface area contributed by atoms with Crippen molar-refractivity contribution in [3.05, 3.63) is 27.4 Å². The molecule has 5 nitrogen and oxygen atoms in total. The van der Waals surface area contributed by atoms with Crippen molar-refractivity contribution in [3.63, 3.8) is 0 Å². The van der Waals surface area contributed by atoms with Gasteiger partial charge in [0, 0.05) is 33.6 Å². The number of hydrogen-bond donors (Lipinski definition) is 3. The number of aliphatic hydroxyl groups excluding tert-OH is 2. The van der Waals surface area contributed by atoms with E-state index in [9.17, 15) is 15.0 Å². The van der Waals surface area contributed by atoms with Gasteiger partial charge >= 0.3 is 0 Å². The Bertz CT molecular complexity index is 964. The third-order valence-corrected chi connectivity index (χ3v) is 9.26. The molecule has 2 heterocycles. The summed E-state index contributed by atoms with van der Waals surface area (Å²) < 4.78 is 0. The summed E-state index contributed by atoms with van der Waals surface area (Å²) >= 11 is 3.32. The molecular formula is C23H28N2O3S2. The molecule has 2 aromatic rings. The molecule has 7 heteroatoms. The van der Waals surface area contributed by atoms with Gasteiger partial charge in [-0.1, -0.05) is 19.8 Å². The maximum atomic E-state index is 12.7. The minimum absolute atomic E-state index is 0.0625. The molecule has 0 unspecified atom stereocenters. The van der Waals surface area contributed by atoms with Crippen LogP contribution in [0.2, 0.25) is 0 Å². The van der Waals surface area contributed by atoms with Gasteiger partial charge in [0.25, 0.3) is 0 Å². The fourth-order valence-electron chi connectivity index (χ4n) is 5.56. The molecule has 1 fully saturated rings. The Balaban J connectivity index is 1.79. The lowest BCUT2D eigenvalue weighted by atomic mass is 9.47. The number of amides is 1. The number of hydrogen-bond acceptors (Lipinski definition) is 6. The number of nitrogens with one attached hydrogen (secondary N) is 1. The van der Waals surface area contributed by atoms with E-state index in [0.717, 1.165) is 29.1 Å². The number of thiazole rings is 1. The number of aliphatic hydroxyl groups is 2. The van der Waals surface area contributed by atoms with E-state index >= 15 is 0 Å². The molecule has 0 saturated heterocycles. The standard InChI is InChI=1S/C23H28N2O3S2/c1-4-8-24-19(28)10-15-20-16(30-21(25-20)14-6-9-29-12-14)11-17-22(15,2)7-5-18(27)23(17,3)13-26/h1,6,9,12,15,17-18,26-27H,5,7-8,10-11,13H2,2-3H3,(H,24,28)/t15-,17+,18-,22+,23+/m1/s1. The second-order valence-corrected chi connectivity index (χ2v) is 10.9. The van der Waals surface area contributed by atoms with Gasteiger partial charge in [-0.3, -0.25) is 4.79 Å². The van der Waals surface area contributed by atoms with E-state index in [2.05, 4.69) is 29.6 Å². The third-order valence-electron chi connectivity index (χ3n) is 7.44. The highest BCUT2D eigenvalue weighted by Gasteiger charge is 2.59. The average Bonchev–Trinajstić information content (AvgIpc) is 3.40. The number of aromatic nitrogens is 1. The molecule has 2 aliphatic rings. The van der Waals surface area contributed by atoms with Crippen LogP contribution >= 0.6 is 22.7 Å². The molecule has 0 bridgehead atoms. The van der Waals surface area contributed by atoms with Crippen molar-refractivity contribution >= 4 is 28.6 Å². The quantitative estimate of drug-likeness (QED) is 0.617. The first-order chi connectivity index (χ1) is 14.3. The van der Waals surface area contributed by atoms with Gasteiger partial charge < -0.3 is 15.5 Å². The van der Waals surface area contributed by atoms with Crippen LogP contribution in [0.25, 0.3) is 10.6 Å². The highest BCUT2D eigenvalue weighted by atomic mass is 32.1. The Labute approximate surface area is 185 Å². The number of terminal acetylenes is 1. The first kappa shape index (κ1) is 21.5. The van der Waals surface area contributed by atoms with Crippen LogP contribution in [0.5, 0.6) is 0 Å². The van der Waals surface area contributed by atoms with Crippen LogP contribution < -0.4 is 5.32 Å². The summed E-state index contributed by atoms with van der Waals surface area (Å²) in [6.45, 7) is 4.34. The molecule has 2 aromatic heterocycles. The maximum Gasteiger partial charge on any atom is 0.221 e. The molecule has 1 amide bonds. The fraction of sp³-hybridized carbons (Fsp3) is 0.565. The van der Waals surface area contributed by atoms with E-state index < -0.39 is 11.5 Å². The van der Waals surface area contributed by atoms with Crippen LogP contribution in [0, 0.1) is 29.1 Å². The largest absolute Gasteiger partial charge is 0.396 e. The normalized spacial score (nSPS) is 32.7. The van der Waals surface area contributed by atoms with Crippen molar-refractivity contribution in [3.8, 4) is 22.9 Å². The molecule has 4 rings (SSSR count). The SMILES string of the molecule is C#CCNC(=O)C[C@@H]1c2nc(-c3ccsc3)sc2C[C@@H]2[C@](C)(CO)[C@H](O)CC[C@]21C. The number of rotatable bonds is 5. The molecule has 0 spiro atoms. The summed E-state index contributed by atoms with van der Waals surface area (Å²) in [7, 11) is 0. The summed E-state index contributed by atoms with van der Waals surface area (Å²) in [4.78, 5) is 18.9. The van der Waals surface area contributed by atoms with E-state index in [1.165, 1.54) is 4.88 Å². The summed E-state index contributed by atoms with van der Waals surface area (Å²) in [6.07, 6.45) is 7.25. The van der Waals surface area contributed by atoms with Gasteiger partial charge in [0.05, 0.1) is 24.9 Å². The number of nitrogens with zero attached hydrogens (tertiary/aromatic N) is 1. The van der Waals surface area contributed by atoms with Crippen LogP contribution in [-0.2, 0) is 11.2 Å². The lowest BCUT2D eigenvalue weighted by molar-refractivity contribution is -0.144. The number of thiophene rings is 1. The van der Waals surface area contributed by atoms with Crippen molar-refractivity contribution in [2.75, 3.05) is 13.2 Å². The van der Waals surface area contributed by atoms with Crippen molar-refractivity contribution in [2.45, 2.75) is 51.6 Å². The molecular weight excluding hydrogens is 416 g/mol. The van der Waals surface area contributed by atoms with Crippen molar-refractivity contribution in [2.24, 2.45) is 16.7 Å². The van der Waals surface area contributed by atoms with Crippen LogP contribution in [0.15, 0.2) is 16.8 Å². The molecule has 5 atom stereocenters. The molecule has 1 saturated carbocycles. The molecule has 2 aliphatic carbocycles. The molecule has 3 N–H and O–H groups in total. The monoisotopic (exact) mass is 444 g/mol. The van der Waals surface area contributed by atoms with E-state index in [-0.39, 0.29) is 36.3 Å². The van der Waals surface area contributed by atoms with E-state index in [1.54, 1.807) is 22.7 Å². The van der Waals surface area contributed by atoms with Gasteiger partial charge in [-0.2, -0.15) is 11.3 Å². The Hall–Kier alpha value is -1.72. The van der Waals surface area contributed by atoms with Crippen LogP contribution in [-0.4, -0.2) is 40.4 Å². The minimum atomic E-state index is -0.606. The smallest absolute Gasteiger partial charge is 0.221 e. The van der Waals surface area contributed by atoms with Crippen LogP contribution in [0.1, 0.15) is 49.6 Å². The highest BCUT2D eigenvalue weighted by molar-refractivity contribution is 7.15. The Morgan fingerprint density at radius 2 is 2.27 bits per heavy atom. The van der Waals surface area contributed by atoms with Gasteiger partial charge in [0.15, 0.2) is 0 Å². The lowest BCUT2D eigenvalue weighted by Gasteiger charge is -2.58. The summed E-state index contributed by atoms with van der Waals surface area (Å²) in [5.74, 6) is 2.37. The Kier molecular flexibility index (Phi) is 5.80. The Morgan fingerprint density at radius 1 is 1.47 bits per heavy atom. The molecule has 160 valence electrons. The summed E-state index contributed by atoms with van der Waals surface area (Å²) in [5.41, 5.74) is 1.27. The van der Waals surface area contributed by atoms with Gasteiger partial charge in [0.2, 0.25) is 5.91 Å². The van der Waals surface area contributed by atoms with E-state index in [4.69, 9.17) is 11.4 Å². The molecule has 30 heavy (non-hydrogen) atoms. The van der Waals surface area contributed by atoms with E-state index in [1.807, 2.05) is 12.3 Å². The highest BCUT2D eigenvalue weighted by Crippen LogP contribution is 2.62. The number of carbonyl (C=O) groups is 1. The average molecular weight is 445 g/mol. The first-order valence-electron chi connectivity index (χ1n) is 10.3. The maximum absolute atomic E-state index is 12.7. The zero-order chi connectivity index (χ0) is 21.5. The first-order valence-corrected chi connectivity index (χ1v) is 12.1. The lowest BCUT2D eigenvalue weighted by Crippen LogP contribution is -2.57. The van der Waals surface area contributed by atoms with Crippen LogP contribution in [0.3, 0.4) is 0 Å². The molecule has 0 radical (unpaired) electrons. The third kappa shape index (κ3) is 3.40. The van der Waals surface area contributed by atoms with Gasteiger partial charge in [-0.05, 0) is 42.0 Å². The second-order valence-electron chi connectivity index (χ2n) is 9.06. The zero-order valence-electron chi connectivity index (χ0n) is 17.4. The summed E-state index contributed by atoms with van der Waals surface area (Å²) in [6, 6.07) is 2.07. The van der Waals surface area contributed by atoms with Gasteiger partial charge in [-0.25, -0.2) is 4.98 Å². The van der Waals surface area contributed by atoms with Crippen molar-refractivity contribution in [1.82, 2.24) is 10.3 Å². The predicted molar refractivity (Wildman–Crippen MR) is 120 cm³/mol. The van der Waals surface area contributed by atoms with Gasteiger partial charge in [0.1, 0.15) is 5.01 Å². The van der Waals surface area contributed by atoms with Crippen molar-refractivity contribution < 1.29 is 15.0 Å².